The molecule has 8 heteroatoms. The third-order valence-electron chi connectivity index (χ3n) is 4.27. The summed E-state index contributed by atoms with van der Waals surface area (Å²) in [5, 5.41) is 15.5. The maximum Gasteiger partial charge on any atom is 0.265 e. The van der Waals surface area contributed by atoms with Gasteiger partial charge in [0.25, 0.3) is 5.91 Å². The summed E-state index contributed by atoms with van der Waals surface area (Å²) in [7, 11) is 0. The highest BCUT2D eigenvalue weighted by Crippen LogP contribution is 2.36. The Balaban J connectivity index is 1.45. The number of carbonyl (C=O) groups is 1. The predicted octanol–water partition coefficient (Wildman–Crippen LogP) is 3.73. The van der Waals surface area contributed by atoms with Gasteiger partial charge in [-0.1, -0.05) is 23.7 Å². The normalized spacial score (nSPS) is 14.6. The van der Waals surface area contributed by atoms with E-state index in [1.165, 1.54) is 0 Å². The van der Waals surface area contributed by atoms with Crippen molar-refractivity contribution in [2.24, 2.45) is 0 Å². The van der Waals surface area contributed by atoms with E-state index in [0.29, 0.717) is 28.3 Å². The van der Waals surface area contributed by atoms with Gasteiger partial charge < -0.3 is 10.1 Å². The largest absolute Gasteiger partial charge is 0.481 e. The molecule has 0 spiro atoms. The Labute approximate surface area is 161 Å². The van der Waals surface area contributed by atoms with E-state index in [9.17, 15) is 4.79 Å². The molecule has 0 radical (unpaired) electrons. The molecular formula is C19H18ClN5O2. The number of tetrazole rings is 1. The lowest BCUT2D eigenvalue weighted by molar-refractivity contribution is -0.122. The van der Waals surface area contributed by atoms with Gasteiger partial charge in [-0.2, -0.15) is 0 Å². The lowest BCUT2D eigenvalue weighted by Gasteiger charge is -2.15. The van der Waals surface area contributed by atoms with Gasteiger partial charge in [-0.25, -0.2) is 4.68 Å². The molecule has 4 rings (SSSR count). The van der Waals surface area contributed by atoms with Crippen LogP contribution in [0.3, 0.4) is 0 Å². The molecule has 0 bridgehead atoms. The molecule has 27 heavy (non-hydrogen) atoms. The zero-order chi connectivity index (χ0) is 18.8. The van der Waals surface area contributed by atoms with Gasteiger partial charge in [-0.15, -0.1) is 5.10 Å². The Bertz CT molecular complexity index is 953. The molecule has 0 aliphatic heterocycles. The van der Waals surface area contributed by atoms with E-state index >= 15 is 0 Å². The van der Waals surface area contributed by atoms with Crippen molar-refractivity contribution in [2.75, 3.05) is 5.32 Å². The summed E-state index contributed by atoms with van der Waals surface area (Å²) in [5.41, 5.74) is 1.52. The Kier molecular flexibility index (Phi) is 4.77. The molecule has 1 aliphatic rings. The first-order valence-corrected chi connectivity index (χ1v) is 9.09. The summed E-state index contributed by atoms with van der Waals surface area (Å²) in [5.74, 6) is 1.04. The Morgan fingerprint density at radius 1 is 1.26 bits per heavy atom. The quantitative estimate of drug-likeness (QED) is 0.701. The number of nitrogens with zero attached hydrogens (tertiary/aromatic N) is 4. The van der Waals surface area contributed by atoms with Crippen LogP contribution in [0, 0.1) is 0 Å². The van der Waals surface area contributed by atoms with Crippen molar-refractivity contribution in [3.05, 3.63) is 53.6 Å². The van der Waals surface area contributed by atoms with E-state index in [1.807, 2.05) is 28.9 Å². The minimum Gasteiger partial charge on any atom is -0.481 e. The number of hydrogen-bond donors (Lipinski definition) is 1. The van der Waals surface area contributed by atoms with E-state index in [0.717, 1.165) is 18.4 Å². The number of halogens is 1. The SMILES string of the molecule is CC(Oc1ccc(Cl)cc1)C(=O)Nc1cccc(-c2nnnn2C2CC2)c1. The van der Waals surface area contributed by atoms with Crippen molar-refractivity contribution < 1.29 is 9.53 Å². The molecule has 0 saturated heterocycles. The zero-order valence-corrected chi connectivity index (χ0v) is 15.4. The molecule has 1 amide bonds. The second-order valence-electron chi connectivity index (χ2n) is 6.46. The van der Waals surface area contributed by atoms with Crippen LogP contribution in [-0.2, 0) is 4.79 Å². The Morgan fingerprint density at radius 2 is 2.04 bits per heavy atom. The van der Waals surface area contributed by atoms with Gasteiger partial charge in [-0.3, -0.25) is 4.79 Å². The van der Waals surface area contributed by atoms with Crippen molar-refractivity contribution in [1.82, 2.24) is 20.2 Å². The maximum absolute atomic E-state index is 12.5. The molecular weight excluding hydrogens is 366 g/mol. The van der Waals surface area contributed by atoms with Crippen LogP contribution in [0.4, 0.5) is 5.69 Å². The van der Waals surface area contributed by atoms with Gasteiger partial charge in [0, 0.05) is 16.3 Å². The van der Waals surface area contributed by atoms with Crippen LogP contribution in [0.15, 0.2) is 48.5 Å². The number of nitrogens with one attached hydrogen (secondary N) is 1. The molecule has 1 aromatic heterocycles. The molecule has 1 aliphatic carbocycles. The molecule has 1 atom stereocenters. The molecule has 1 unspecified atom stereocenters. The van der Waals surface area contributed by atoms with Crippen LogP contribution in [0.1, 0.15) is 25.8 Å². The summed E-state index contributed by atoms with van der Waals surface area (Å²) in [4.78, 5) is 12.5. The van der Waals surface area contributed by atoms with Gasteiger partial charge >= 0.3 is 0 Å². The van der Waals surface area contributed by atoms with Gasteiger partial charge in [0.2, 0.25) is 0 Å². The number of rotatable bonds is 6. The topological polar surface area (TPSA) is 81.9 Å². The molecule has 7 nitrogen and oxygen atoms in total. The summed E-state index contributed by atoms with van der Waals surface area (Å²) in [6, 6.07) is 14.7. The van der Waals surface area contributed by atoms with Crippen LogP contribution < -0.4 is 10.1 Å². The van der Waals surface area contributed by atoms with E-state index < -0.39 is 6.10 Å². The first-order valence-electron chi connectivity index (χ1n) is 8.71. The Morgan fingerprint density at radius 3 is 2.78 bits per heavy atom. The zero-order valence-electron chi connectivity index (χ0n) is 14.7. The fourth-order valence-electron chi connectivity index (χ4n) is 2.70. The summed E-state index contributed by atoms with van der Waals surface area (Å²) in [6.45, 7) is 1.70. The number of amides is 1. The number of ether oxygens (including phenoxy) is 1. The molecule has 1 N–H and O–H groups in total. The second kappa shape index (κ2) is 7.36. The molecule has 1 heterocycles. The average molecular weight is 384 g/mol. The fraction of sp³-hybridized carbons (Fsp3) is 0.263. The minimum atomic E-state index is -0.661. The lowest BCUT2D eigenvalue weighted by Crippen LogP contribution is -2.30. The van der Waals surface area contributed by atoms with Crippen LogP contribution in [0.2, 0.25) is 5.02 Å². The predicted molar refractivity (Wildman–Crippen MR) is 102 cm³/mol. The molecule has 2 aromatic carbocycles. The summed E-state index contributed by atoms with van der Waals surface area (Å²) in [6.07, 6.45) is 1.52. The Hall–Kier alpha value is -2.93. The van der Waals surface area contributed by atoms with Gasteiger partial charge in [0.1, 0.15) is 5.75 Å². The smallest absolute Gasteiger partial charge is 0.265 e. The molecule has 138 valence electrons. The number of hydrogen-bond acceptors (Lipinski definition) is 5. The highest BCUT2D eigenvalue weighted by Gasteiger charge is 2.28. The minimum absolute atomic E-state index is 0.246. The fourth-order valence-corrected chi connectivity index (χ4v) is 2.83. The average Bonchev–Trinajstić information content (AvgIpc) is 3.40. The van der Waals surface area contributed by atoms with Crippen LogP contribution in [-0.4, -0.2) is 32.2 Å². The maximum atomic E-state index is 12.5. The van der Waals surface area contributed by atoms with E-state index in [4.69, 9.17) is 16.3 Å². The second-order valence-corrected chi connectivity index (χ2v) is 6.90. The van der Waals surface area contributed by atoms with Gasteiger partial charge in [0.05, 0.1) is 6.04 Å². The third kappa shape index (κ3) is 4.09. The van der Waals surface area contributed by atoms with Gasteiger partial charge in [-0.05, 0) is 66.6 Å². The molecule has 3 aromatic rings. The summed E-state index contributed by atoms with van der Waals surface area (Å²) < 4.78 is 7.50. The lowest BCUT2D eigenvalue weighted by atomic mass is 10.2. The molecule has 1 fully saturated rings. The van der Waals surface area contributed by atoms with Crippen LogP contribution >= 0.6 is 11.6 Å². The number of aromatic nitrogens is 4. The monoisotopic (exact) mass is 383 g/mol. The first-order chi connectivity index (χ1) is 13.1. The highest BCUT2D eigenvalue weighted by molar-refractivity contribution is 6.30. The van der Waals surface area contributed by atoms with Crippen molar-refractivity contribution in [3.8, 4) is 17.1 Å². The van der Waals surface area contributed by atoms with Crippen molar-refractivity contribution in [1.29, 1.82) is 0 Å². The van der Waals surface area contributed by atoms with E-state index in [2.05, 4.69) is 20.8 Å². The summed E-state index contributed by atoms with van der Waals surface area (Å²) >= 11 is 5.86. The third-order valence-corrected chi connectivity index (χ3v) is 4.52. The van der Waals surface area contributed by atoms with E-state index in [1.54, 1.807) is 31.2 Å². The number of carbonyl (C=O) groups excluding carboxylic acids is 1. The van der Waals surface area contributed by atoms with Crippen molar-refractivity contribution >= 4 is 23.2 Å². The van der Waals surface area contributed by atoms with Crippen molar-refractivity contribution in [3.63, 3.8) is 0 Å². The first kappa shape index (κ1) is 17.5. The number of benzene rings is 2. The van der Waals surface area contributed by atoms with Crippen LogP contribution in [0.25, 0.3) is 11.4 Å². The van der Waals surface area contributed by atoms with Crippen LogP contribution in [0.5, 0.6) is 5.75 Å². The standard InChI is InChI=1S/C19H18ClN5O2/c1-12(27-17-9-5-14(20)6-10-17)19(26)21-15-4-2-3-13(11-15)18-22-23-24-25(18)16-7-8-16/h2-6,9-12,16H,7-8H2,1H3,(H,21,26). The van der Waals surface area contributed by atoms with Crippen molar-refractivity contribution in [2.45, 2.75) is 31.9 Å². The van der Waals surface area contributed by atoms with Gasteiger partial charge in [0.15, 0.2) is 11.9 Å². The molecule has 1 saturated carbocycles. The number of anilines is 1. The van der Waals surface area contributed by atoms with E-state index in [-0.39, 0.29) is 5.91 Å². The highest BCUT2D eigenvalue weighted by atomic mass is 35.5.